The number of rotatable bonds is 8. The van der Waals surface area contributed by atoms with Crippen LogP contribution in [0.4, 0.5) is 10.1 Å². The third-order valence-corrected chi connectivity index (χ3v) is 3.94. The number of aromatic nitrogens is 3. The second-order valence-electron chi connectivity index (χ2n) is 5.90. The molecule has 1 N–H and O–H groups in total. The van der Waals surface area contributed by atoms with Crippen LogP contribution in [-0.4, -0.2) is 41.0 Å². The molecular formula is C20H21FN4O3. The molecule has 0 saturated heterocycles. The van der Waals surface area contributed by atoms with Crippen molar-refractivity contribution in [2.24, 2.45) is 0 Å². The van der Waals surface area contributed by atoms with Crippen LogP contribution in [0.3, 0.4) is 0 Å². The maximum Gasteiger partial charge on any atom is 0.336 e. The smallest absolute Gasteiger partial charge is 0.336 e. The molecule has 28 heavy (non-hydrogen) atoms. The van der Waals surface area contributed by atoms with E-state index in [4.69, 9.17) is 9.47 Å². The Morgan fingerprint density at radius 1 is 1.14 bits per heavy atom. The molecule has 0 spiro atoms. The van der Waals surface area contributed by atoms with Crippen LogP contribution >= 0.6 is 0 Å². The van der Waals surface area contributed by atoms with E-state index in [0.717, 1.165) is 0 Å². The molecule has 146 valence electrons. The molecule has 3 aromatic rings. The number of hydrogen-bond donors (Lipinski definition) is 1. The summed E-state index contributed by atoms with van der Waals surface area (Å²) >= 11 is 0. The number of carbonyl (C=O) groups excluding carboxylic acids is 1. The Balaban J connectivity index is 1.96. The van der Waals surface area contributed by atoms with Gasteiger partial charge in [0.2, 0.25) is 5.91 Å². The van der Waals surface area contributed by atoms with Crippen molar-refractivity contribution in [1.29, 1.82) is 0 Å². The molecule has 0 atom stereocenters. The van der Waals surface area contributed by atoms with Gasteiger partial charge >= 0.3 is 6.01 Å². The van der Waals surface area contributed by atoms with Gasteiger partial charge in [0.1, 0.15) is 12.4 Å². The summed E-state index contributed by atoms with van der Waals surface area (Å²) in [5.74, 6) is -0.170. The minimum Gasteiger partial charge on any atom is -0.460 e. The van der Waals surface area contributed by atoms with E-state index in [1.807, 2.05) is 0 Å². The summed E-state index contributed by atoms with van der Waals surface area (Å²) in [6.07, 6.45) is 0.393. The number of anilines is 1. The van der Waals surface area contributed by atoms with E-state index >= 15 is 0 Å². The van der Waals surface area contributed by atoms with E-state index in [1.165, 1.54) is 10.7 Å². The van der Waals surface area contributed by atoms with Crippen molar-refractivity contribution in [3.05, 3.63) is 54.3 Å². The zero-order valence-electron chi connectivity index (χ0n) is 15.7. The van der Waals surface area contributed by atoms with Crippen LogP contribution in [0, 0.1) is 5.82 Å². The Bertz CT molecular complexity index is 941. The molecule has 0 unspecified atom stereocenters. The molecule has 0 aliphatic rings. The van der Waals surface area contributed by atoms with E-state index in [9.17, 15) is 9.18 Å². The minimum absolute atomic E-state index is 0.0746. The second kappa shape index (κ2) is 9.09. The van der Waals surface area contributed by atoms with E-state index in [0.29, 0.717) is 35.8 Å². The van der Waals surface area contributed by atoms with Crippen molar-refractivity contribution in [2.45, 2.75) is 13.3 Å². The summed E-state index contributed by atoms with van der Waals surface area (Å²) in [6.45, 7) is 2.44. The van der Waals surface area contributed by atoms with E-state index in [1.54, 1.807) is 56.5 Å². The van der Waals surface area contributed by atoms with Crippen molar-refractivity contribution in [2.75, 3.05) is 25.6 Å². The molecule has 0 saturated carbocycles. The quantitative estimate of drug-likeness (QED) is 0.602. The minimum atomic E-state index is -0.411. The van der Waals surface area contributed by atoms with Gasteiger partial charge in [-0.15, -0.1) is 5.10 Å². The van der Waals surface area contributed by atoms with E-state index in [2.05, 4.69) is 15.4 Å². The Morgan fingerprint density at radius 2 is 1.89 bits per heavy atom. The first-order valence-corrected chi connectivity index (χ1v) is 8.86. The molecule has 3 rings (SSSR count). The number of methoxy groups -OCH3 is 1. The average molecular weight is 384 g/mol. The predicted molar refractivity (Wildman–Crippen MR) is 103 cm³/mol. The largest absolute Gasteiger partial charge is 0.460 e. The Labute approximate surface area is 162 Å². The summed E-state index contributed by atoms with van der Waals surface area (Å²) in [5.41, 5.74) is 1.63. The number of halogens is 1. The molecule has 0 aliphatic carbocycles. The van der Waals surface area contributed by atoms with Crippen LogP contribution in [-0.2, 0) is 9.53 Å². The highest BCUT2D eigenvalue weighted by molar-refractivity contribution is 5.90. The standard InChI is InChI=1S/C20H21FN4O3/c1-3-18(26)22-14-8-10-15(11-9-14)25-19(16-6-4-5-7-17(16)21)23-20(24-25)28-13-12-27-2/h4-11H,3,12-13H2,1-2H3,(H,22,26). The summed E-state index contributed by atoms with van der Waals surface area (Å²) in [5, 5.41) is 7.13. The summed E-state index contributed by atoms with van der Waals surface area (Å²) < 4.78 is 26.3. The fraction of sp³-hybridized carbons (Fsp3) is 0.250. The molecule has 1 amide bonds. The van der Waals surface area contributed by atoms with Crippen LogP contribution in [0.15, 0.2) is 48.5 Å². The third kappa shape index (κ3) is 4.52. The number of ether oxygens (including phenoxy) is 2. The summed E-state index contributed by atoms with van der Waals surface area (Å²) in [7, 11) is 1.57. The van der Waals surface area contributed by atoms with Crippen molar-refractivity contribution in [3.63, 3.8) is 0 Å². The van der Waals surface area contributed by atoms with Crippen LogP contribution in [0.1, 0.15) is 13.3 Å². The SMILES string of the molecule is CCC(=O)Nc1ccc(-n2nc(OCCOC)nc2-c2ccccc2F)cc1. The van der Waals surface area contributed by atoms with E-state index in [-0.39, 0.29) is 18.5 Å². The molecule has 1 heterocycles. The number of benzene rings is 2. The zero-order chi connectivity index (χ0) is 19.9. The van der Waals surface area contributed by atoms with Gasteiger partial charge in [-0.2, -0.15) is 4.98 Å². The van der Waals surface area contributed by atoms with Gasteiger partial charge in [0.15, 0.2) is 5.82 Å². The van der Waals surface area contributed by atoms with Crippen LogP contribution in [0.2, 0.25) is 0 Å². The van der Waals surface area contributed by atoms with Crippen LogP contribution < -0.4 is 10.1 Å². The molecule has 0 aliphatic heterocycles. The van der Waals surface area contributed by atoms with E-state index < -0.39 is 5.82 Å². The molecule has 1 aromatic heterocycles. The molecule has 0 radical (unpaired) electrons. The number of amides is 1. The van der Waals surface area contributed by atoms with Gasteiger partial charge in [-0.1, -0.05) is 19.1 Å². The third-order valence-electron chi connectivity index (χ3n) is 3.94. The monoisotopic (exact) mass is 384 g/mol. The Kier molecular flexibility index (Phi) is 6.33. The lowest BCUT2D eigenvalue weighted by Gasteiger charge is -2.08. The maximum absolute atomic E-state index is 14.3. The zero-order valence-corrected chi connectivity index (χ0v) is 15.7. The molecule has 2 aromatic carbocycles. The normalized spacial score (nSPS) is 10.7. The van der Waals surface area contributed by atoms with Gasteiger partial charge in [0.05, 0.1) is 17.9 Å². The Hall–Kier alpha value is -3.26. The number of carbonyl (C=O) groups is 1. The highest BCUT2D eigenvalue weighted by atomic mass is 19.1. The maximum atomic E-state index is 14.3. The lowest BCUT2D eigenvalue weighted by Crippen LogP contribution is -2.09. The first kappa shape index (κ1) is 19.5. The van der Waals surface area contributed by atoms with Gasteiger partial charge in [-0.3, -0.25) is 4.79 Å². The second-order valence-corrected chi connectivity index (χ2v) is 5.90. The average Bonchev–Trinajstić information content (AvgIpc) is 3.13. The lowest BCUT2D eigenvalue weighted by molar-refractivity contribution is -0.115. The van der Waals surface area contributed by atoms with Crippen LogP contribution in [0.5, 0.6) is 6.01 Å². The molecular weight excluding hydrogens is 363 g/mol. The van der Waals surface area contributed by atoms with Gasteiger partial charge < -0.3 is 14.8 Å². The summed E-state index contributed by atoms with van der Waals surface area (Å²) in [6, 6.07) is 13.5. The van der Waals surface area contributed by atoms with Crippen molar-refractivity contribution >= 4 is 11.6 Å². The molecule has 8 heteroatoms. The van der Waals surface area contributed by atoms with Gasteiger partial charge in [-0.25, -0.2) is 9.07 Å². The fourth-order valence-corrected chi connectivity index (χ4v) is 2.50. The fourth-order valence-electron chi connectivity index (χ4n) is 2.50. The van der Waals surface area contributed by atoms with Crippen LogP contribution in [0.25, 0.3) is 17.1 Å². The lowest BCUT2D eigenvalue weighted by atomic mass is 10.2. The highest BCUT2D eigenvalue weighted by Gasteiger charge is 2.17. The number of nitrogens with one attached hydrogen (secondary N) is 1. The molecule has 7 nitrogen and oxygen atoms in total. The first-order valence-electron chi connectivity index (χ1n) is 8.86. The number of nitrogens with zero attached hydrogens (tertiary/aromatic N) is 3. The van der Waals surface area contributed by atoms with Gasteiger partial charge in [0.25, 0.3) is 0 Å². The molecule has 0 bridgehead atoms. The molecule has 0 fully saturated rings. The van der Waals surface area contributed by atoms with Crippen molar-refractivity contribution < 1.29 is 18.7 Å². The van der Waals surface area contributed by atoms with Crippen molar-refractivity contribution in [1.82, 2.24) is 14.8 Å². The predicted octanol–water partition coefficient (Wildman–Crippen LogP) is 3.45. The highest BCUT2D eigenvalue weighted by Crippen LogP contribution is 2.26. The Morgan fingerprint density at radius 3 is 2.57 bits per heavy atom. The topological polar surface area (TPSA) is 78.3 Å². The van der Waals surface area contributed by atoms with Gasteiger partial charge in [-0.05, 0) is 36.4 Å². The van der Waals surface area contributed by atoms with Crippen molar-refractivity contribution in [3.8, 4) is 23.1 Å². The summed E-state index contributed by atoms with van der Waals surface area (Å²) in [4.78, 5) is 15.9. The van der Waals surface area contributed by atoms with Gasteiger partial charge in [0, 0.05) is 19.2 Å². The first-order chi connectivity index (χ1) is 13.6. The number of hydrogen-bond acceptors (Lipinski definition) is 5.